The second-order valence-electron chi connectivity index (χ2n) is 5.47. The molecule has 1 saturated heterocycles. The number of ether oxygens (including phenoxy) is 2. The van der Waals surface area contributed by atoms with Crippen LogP contribution in [0.4, 0.5) is 0 Å². The van der Waals surface area contributed by atoms with E-state index in [1.807, 2.05) is 0 Å². The Hall–Kier alpha value is -1.26. The van der Waals surface area contributed by atoms with Crippen LogP contribution in [0.2, 0.25) is 0 Å². The van der Waals surface area contributed by atoms with Crippen molar-refractivity contribution in [3.8, 4) is 11.5 Å². The van der Waals surface area contributed by atoms with E-state index in [1.54, 1.807) is 0 Å². The van der Waals surface area contributed by atoms with Gasteiger partial charge in [0.1, 0.15) is 0 Å². The number of rotatable bonds is 3. The lowest BCUT2D eigenvalue weighted by Crippen LogP contribution is -2.45. The predicted octanol–water partition coefficient (Wildman–Crippen LogP) is 2.20. The predicted molar refractivity (Wildman–Crippen MR) is 79.5 cm³/mol. The molecule has 110 valence electrons. The van der Waals surface area contributed by atoms with E-state index in [0.29, 0.717) is 6.04 Å². The van der Waals surface area contributed by atoms with Crippen LogP contribution in [0.25, 0.3) is 0 Å². The largest absolute Gasteiger partial charge is 0.490 e. The molecule has 0 aromatic heterocycles. The first kappa shape index (κ1) is 13.7. The Labute approximate surface area is 121 Å². The second kappa shape index (κ2) is 6.46. The van der Waals surface area contributed by atoms with Crippen LogP contribution in [0.5, 0.6) is 11.5 Å². The van der Waals surface area contributed by atoms with Crippen LogP contribution in [-0.2, 0) is 0 Å². The number of hydrogen-bond donors (Lipinski definition) is 1. The van der Waals surface area contributed by atoms with Gasteiger partial charge in [-0.2, -0.15) is 0 Å². The molecule has 1 atom stereocenters. The summed E-state index contributed by atoms with van der Waals surface area (Å²) in [5.41, 5.74) is 1.35. The Morgan fingerprint density at radius 3 is 2.65 bits per heavy atom. The monoisotopic (exact) mass is 276 g/mol. The fraction of sp³-hybridized carbons (Fsp3) is 0.625. The summed E-state index contributed by atoms with van der Waals surface area (Å²) in [6.45, 7) is 8.17. The van der Waals surface area contributed by atoms with Gasteiger partial charge in [-0.1, -0.05) is 13.0 Å². The number of fused-ring (bicyclic) bond motifs is 1. The van der Waals surface area contributed by atoms with Crippen LogP contribution in [0.15, 0.2) is 18.2 Å². The Balaban J connectivity index is 1.82. The van der Waals surface area contributed by atoms with Crippen molar-refractivity contribution in [2.45, 2.75) is 25.8 Å². The van der Waals surface area contributed by atoms with Crippen molar-refractivity contribution in [2.75, 3.05) is 39.4 Å². The lowest BCUT2D eigenvalue weighted by molar-refractivity contribution is 0.169. The van der Waals surface area contributed by atoms with Crippen LogP contribution in [0, 0.1) is 0 Å². The van der Waals surface area contributed by atoms with Gasteiger partial charge < -0.3 is 14.8 Å². The summed E-state index contributed by atoms with van der Waals surface area (Å²) in [4.78, 5) is 2.57. The van der Waals surface area contributed by atoms with Crippen molar-refractivity contribution < 1.29 is 9.47 Å². The van der Waals surface area contributed by atoms with E-state index in [2.05, 4.69) is 35.3 Å². The summed E-state index contributed by atoms with van der Waals surface area (Å²) in [5, 5.41) is 3.42. The van der Waals surface area contributed by atoms with Crippen molar-refractivity contribution >= 4 is 0 Å². The number of hydrogen-bond acceptors (Lipinski definition) is 4. The molecule has 1 aromatic rings. The summed E-state index contributed by atoms with van der Waals surface area (Å²) in [6.07, 6.45) is 2.08. The van der Waals surface area contributed by atoms with Crippen molar-refractivity contribution in [1.82, 2.24) is 10.2 Å². The van der Waals surface area contributed by atoms with Crippen molar-refractivity contribution in [1.29, 1.82) is 0 Å². The zero-order valence-electron chi connectivity index (χ0n) is 12.2. The normalized spacial score (nSPS) is 21.2. The fourth-order valence-electron chi connectivity index (χ4n) is 3.09. The molecule has 0 saturated carbocycles. The van der Waals surface area contributed by atoms with Gasteiger partial charge in [-0.25, -0.2) is 0 Å². The first-order chi connectivity index (χ1) is 9.88. The third-order valence-corrected chi connectivity index (χ3v) is 4.14. The van der Waals surface area contributed by atoms with E-state index < -0.39 is 0 Å². The van der Waals surface area contributed by atoms with Crippen molar-refractivity contribution in [3.05, 3.63) is 23.8 Å². The highest BCUT2D eigenvalue weighted by Crippen LogP contribution is 2.34. The molecule has 0 aliphatic carbocycles. The minimum atomic E-state index is 0.481. The van der Waals surface area contributed by atoms with Gasteiger partial charge in [0.15, 0.2) is 11.5 Å². The Morgan fingerprint density at radius 2 is 1.90 bits per heavy atom. The smallest absolute Gasteiger partial charge is 0.161 e. The topological polar surface area (TPSA) is 33.7 Å². The second-order valence-corrected chi connectivity index (χ2v) is 5.47. The van der Waals surface area contributed by atoms with Gasteiger partial charge in [-0.3, -0.25) is 4.90 Å². The van der Waals surface area contributed by atoms with E-state index >= 15 is 0 Å². The highest BCUT2D eigenvalue weighted by Gasteiger charge is 2.22. The summed E-state index contributed by atoms with van der Waals surface area (Å²) in [5.74, 6) is 1.80. The Kier molecular flexibility index (Phi) is 4.43. The first-order valence-electron chi connectivity index (χ1n) is 7.73. The molecule has 20 heavy (non-hydrogen) atoms. The van der Waals surface area contributed by atoms with Crippen LogP contribution in [0.1, 0.15) is 31.4 Å². The lowest BCUT2D eigenvalue weighted by atomic mass is 10.0. The third kappa shape index (κ3) is 2.91. The SMILES string of the molecule is CCC(c1ccc2c(c1)OCCCO2)N1CCNCC1. The molecular weight excluding hydrogens is 252 g/mol. The first-order valence-corrected chi connectivity index (χ1v) is 7.73. The van der Waals surface area contributed by atoms with Crippen LogP contribution < -0.4 is 14.8 Å². The van der Waals surface area contributed by atoms with E-state index in [-0.39, 0.29) is 0 Å². The molecule has 0 spiro atoms. The van der Waals surface area contributed by atoms with Gasteiger partial charge in [0.05, 0.1) is 13.2 Å². The minimum Gasteiger partial charge on any atom is -0.490 e. The van der Waals surface area contributed by atoms with E-state index in [0.717, 1.165) is 63.7 Å². The van der Waals surface area contributed by atoms with Crippen molar-refractivity contribution in [3.63, 3.8) is 0 Å². The highest BCUT2D eigenvalue weighted by molar-refractivity contribution is 5.44. The molecule has 2 aliphatic heterocycles. The molecule has 4 nitrogen and oxygen atoms in total. The third-order valence-electron chi connectivity index (χ3n) is 4.14. The number of nitrogens with one attached hydrogen (secondary N) is 1. The van der Waals surface area contributed by atoms with Crippen molar-refractivity contribution in [2.24, 2.45) is 0 Å². The number of piperazine rings is 1. The maximum atomic E-state index is 5.82. The number of benzene rings is 1. The summed E-state index contributed by atoms with van der Waals surface area (Å²) in [7, 11) is 0. The molecule has 0 bridgehead atoms. The van der Waals surface area contributed by atoms with Gasteiger partial charge in [0.2, 0.25) is 0 Å². The van der Waals surface area contributed by atoms with Gasteiger partial charge in [-0.05, 0) is 24.1 Å². The van der Waals surface area contributed by atoms with E-state index in [1.165, 1.54) is 5.56 Å². The molecule has 1 N–H and O–H groups in total. The molecule has 4 heteroatoms. The number of nitrogens with zero attached hydrogens (tertiary/aromatic N) is 1. The summed E-state index contributed by atoms with van der Waals surface area (Å²) < 4.78 is 11.5. The van der Waals surface area contributed by atoms with Gasteiger partial charge >= 0.3 is 0 Å². The highest BCUT2D eigenvalue weighted by atomic mass is 16.5. The Morgan fingerprint density at radius 1 is 1.15 bits per heavy atom. The van der Waals surface area contributed by atoms with Gasteiger partial charge in [0, 0.05) is 38.6 Å². The van der Waals surface area contributed by atoms with Crippen LogP contribution in [0.3, 0.4) is 0 Å². The van der Waals surface area contributed by atoms with Crippen LogP contribution >= 0.6 is 0 Å². The van der Waals surface area contributed by atoms with E-state index in [4.69, 9.17) is 9.47 Å². The Bertz CT molecular complexity index is 444. The molecule has 3 rings (SSSR count). The zero-order valence-corrected chi connectivity index (χ0v) is 12.2. The molecule has 0 radical (unpaired) electrons. The maximum Gasteiger partial charge on any atom is 0.161 e. The molecule has 0 amide bonds. The molecular formula is C16H24N2O2. The van der Waals surface area contributed by atoms with Gasteiger partial charge in [-0.15, -0.1) is 0 Å². The van der Waals surface area contributed by atoms with Gasteiger partial charge in [0.25, 0.3) is 0 Å². The fourth-order valence-corrected chi connectivity index (χ4v) is 3.09. The molecule has 2 heterocycles. The molecule has 1 fully saturated rings. The standard InChI is InChI=1S/C16H24N2O2/c1-2-14(18-8-6-17-7-9-18)13-4-5-15-16(12-13)20-11-3-10-19-15/h4-5,12,14,17H,2-3,6-11H2,1H3. The van der Waals surface area contributed by atoms with Crippen LogP contribution in [-0.4, -0.2) is 44.3 Å². The average molecular weight is 276 g/mol. The zero-order chi connectivity index (χ0) is 13.8. The maximum absolute atomic E-state index is 5.82. The molecule has 1 aromatic carbocycles. The lowest BCUT2D eigenvalue weighted by Gasteiger charge is -2.35. The average Bonchev–Trinajstić information content (AvgIpc) is 2.74. The minimum absolute atomic E-state index is 0.481. The summed E-state index contributed by atoms with van der Waals surface area (Å²) >= 11 is 0. The summed E-state index contributed by atoms with van der Waals surface area (Å²) in [6, 6.07) is 6.93. The molecule has 2 aliphatic rings. The van der Waals surface area contributed by atoms with E-state index in [9.17, 15) is 0 Å². The molecule has 1 unspecified atom stereocenters. The quantitative estimate of drug-likeness (QED) is 0.917.